The lowest BCUT2D eigenvalue weighted by Gasteiger charge is -2.41. The van der Waals surface area contributed by atoms with E-state index in [2.05, 4.69) is 24.1 Å². The van der Waals surface area contributed by atoms with Crippen LogP contribution in [0, 0.1) is 5.41 Å². The molecule has 1 aliphatic carbocycles. The number of hydrogen-bond donors (Lipinski definition) is 1. The van der Waals surface area contributed by atoms with Crippen LogP contribution in [0.2, 0.25) is 0 Å². The molecule has 0 bridgehead atoms. The van der Waals surface area contributed by atoms with Gasteiger partial charge in [-0.3, -0.25) is 0 Å². The molecule has 0 aromatic heterocycles. The largest absolute Gasteiger partial charge is 0.381 e. The molecular formula is C14H28N2O. The minimum atomic E-state index is 0.465. The standard InChI is InChI=1S/C14H28N2O/c1-3-16(4-2)12-14(7-9-17-10-8-14)11-15-13-5-6-13/h13,15H,3-12H2,1-2H3. The van der Waals surface area contributed by atoms with Gasteiger partial charge in [0.15, 0.2) is 0 Å². The maximum atomic E-state index is 5.55. The van der Waals surface area contributed by atoms with E-state index in [4.69, 9.17) is 4.74 Å². The van der Waals surface area contributed by atoms with Crippen molar-refractivity contribution in [3.8, 4) is 0 Å². The summed E-state index contributed by atoms with van der Waals surface area (Å²) in [4.78, 5) is 2.57. The number of ether oxygens (including phenoxy) is 1. The minimum absolute atomic E-state index is 0.465. The number of hydrogen-bond acceptors (Lipinski definition) is 3. The van der Waals surface area contributed by atoms with Gasteiger partial charge in [0.05, 0.1) is 0 Å². The summed E-state index contributed by atoms with van der Waals surface area (Å²) >= 11 is 0. The van der Waals surface area contributed by atoms with Crippen molar-refractivity contribution in [3.63, 3.8) is 0 Å². The molecule has 0 radical (unpaired) electrons. The van der Waals surface area contributed by atoms with Crippen LogP contribution in [-0.2, 0) is 4.74 Å². The molecule has 1 saturated heterocycles. The Bertz CT molecular complexity index is 218. The van der Waals surface area contributed by atoms with E-state index in [0.717, 1.165) is 19.3 Å². The fraction of sp³-hybridized carbons (Fsp3) is 1.00. The molecular weight excluding hydrogens is 212 g/mol. The second-order valence-electron chi connectivity index (χ2n) is 5.73. The molecule has 2 fully saturated rings. The molecule has 0 spiro atoms. The van der Waals surface area contributed by atoms with Crippen molar-refractivity contribution in [2.24, 2.45) is 5.41 Å². The molecule has 2 rings (SSSR count). The third-order valence-electron chi connectivity index (χ3n) is 4.35. The normalized spacial score (nSPS) is 24.2. The number of nitrogens with zero attached hydrogens (tertiary/aromatic N) is 1. The van der Waals surface area contributed by atoms with Crippen LogP contribution in [0.3, 0.4) is 0 Å². The molecule has 1 saturated carbocycles. The topological polar surface area (TPSA) is 24.5 Å². The summed E-state index contributed by atoms with van der Waals surface area (Å²) < 4.78 is 5.55. The van der Waals surface area contributed by atoms with Gasteiger partial charge in [0.1, 0.15) is 0 Å². The van der Waals surface area contributed by atoms with E-state index in [1.165, 1.54) is 51.9 Å². The van der Waals surface area contributed by atoms with Gasteiger partial charge in [-0.2, -0.15) is 0 Å². The SMILES string of the molecule is CCN(CC)CC1(CNC2CC2)CCOCC1. The van der Waals surface area contributed by atoms with E-state index < -0.39 is 0 Å². The van der Waals surface area contributed by atoms with E-state index in [1.54, 1.807) is 0 Å². The maximum Gasteiger partial charge on any atom is 0.0472 e. The number of rotatable bonds is 7. The van der Waals surface area contributed by atoms with E-state index in [9.17, 15) is 0 Å². The lowest BCUT2D eigenvalue weighted by molar-refractivity contribution is -0.00309. The highest BCUT2D eigenvalue weighted by molar-refractivity contribution is 4.90. The fourth-order valence-electron chi connectivity index (χ4n) is 2.77. The van der Waals surface area contributed by atoms with Crippen LogP contribution in [0.5, 0.6) is 0 Å². The van der Waals surface area contributed by atoms with Crippen molar-refractivity contribution >= 4 is 0 Å². The zero-order valence-corrected chi connectivity index (χ0v) is 11.5. The van der Waals surface area contributed by atoms with Crippen molar-refractivity contribution in [2.75, 3.05) is 39.4 Å². The molecule has 0 aromatic rings. The first kappa shape index (κ1) is 13.3. The second-order valence-corrected chi connectivity index (χ2v) is 5.73. The van der Waals surface area contributed by atoms with Gasteiger partial charge in [-0.15, -0.1) is 0 Å². The molecule has 1 aliphatic heterocycles. The predicted octanol–water partition coefficient (Wildman–Crippen LogP) is 1.88. The minimum Gasteiger partial charge on any atom is -0.381 e. The third kappa shape index (κ3) is 3.94. The van der Waals surface area contributed by atoms with Crippen LogP contribution in [0.4, 0.5) is 0 Å². The zero-order valence-electron chi connectivity index (χ0n) is 11.5. The first-order chi connectivity index (χ1) is 8.28. The highest BCUT2D eigenvalue weighted by Crippen LogP contribution is 2.32. The van der Waals surface area contributed by atoms with E-state index in [1.807, 2.05) is 0 Å². The smallest absolute Gasteiger partial charge is 0.0472 e. The van der Waals surface area contributed by atoms with Gasteiger partial charge in [0.2, 0.25) is 0 Å². The average Bonchev–Trinajstić information content (AvgIpc) is 3.19. The predicted molar refractivity (Wildman–Crippen MR) is 71.3 cm³/mol. The lowest BCUT2D eigenvalue weighted by Crippen LogP contribution is -2.47. The molecule has 0 aromatic carbocycles. The van der Waals surface area contributed by atoms with Gasteiger partial charge in [-0.05, 0) is 44.2 Å². The van der Waals surface area contributed by atoms with Crippen LogP contribution in [0.15, 0.2) is 0 Å². The summed E-state index contributed by atoms with van der Waals surface area (Å²) in [5, 5.41) is 3.74. The fourth-order valence-corrected chi connectivity index (χ4v) is 2.77. The van der Waals surface area contributed by atoms with Gasteiger partial charge in [-0.25, -0.2) is 0 Å². The van der Waals surface area contributed by atoms with Crippen LogP contribution in [0.1, 0.15) is 39.5 Å². The lowest BCUT2D eigenvalue weighted by atomic mass is 9.79. The Morgan fingerprint density at radius 3 is 2.35 bits per heavy atom. The molecule has 1 heterocycles. The maximum absolute atomic E-state index is 5.55. The van der Waals surface area contributed by atoms with Gasteiger partial charge in [0.25, 0.3) is 0 Å². The quantitative estimate of drug-likeness (QED) is 0.735. The summed E-state index contributed by atoms with van der Waals surface area (Å²) in [6, 6.07) is 0.825. The van der Waals surface area contributed by atoms with Gasteiger partial charge in [-0.1, -0.05) is 13.8 Å². The van der Waals surface area contributed by atoms with Crippen LogP contribution >= 0.6 is 0 Å². The summed E-state index contributed by atoms with van der Waals surface area (Å²) in [5.41, 5.74) is 0.465. The Hall–Kier alpha value is -0.120. The molecule has 100 valence electrons. The Balaban J connectivity index is 1.89. The Labute approximate surface area is 106 Å². The molecule has 3 nitrogen and oxygen atoms in total. The highest BCUT2D eigenvalue weighted by atomic mass is 16.5. The van der Waals surface area contributed by atoms with Gasteiger partial charge >= 0.3 is 0 Å². The third-order valence-corrected chi connectivity index (χ3v) is 4.35. The Morgan fingerprint density at radius 2 is 1.82 bits per heavy atom. The molecule has 3 heteroatoms. The van der Waals surface area contributed by atoms with Crippen molar-refractivity contribution < 1.29 is 4.74 Å². The van der Waals surface area contributed by atoms with E-state index in [0.29, 0.717) is 5.41 Å². The van der Waals surface area contributed by atoms with Crippen molar-refractivity contribution in [1.82, 2.24) is 10.2 Å². The van der Waals surface area contributed by atoms with Crippen LogP contribution in [-0.4, -0.2) is 50.3 Å². The Morgan fingerprint density at radius 1 is 1.18 bits per heavy atom. The molecule has 0 amide bonds. The molecule has 1 N–H and O–H groups in total. The Kier molecular flexibility index (Phi) is 4.83. The second kappa shape index (κ2) is 6.17. The zero-order chi connectivity index (χ0) is 12.1. The summed E-state index contributed by atoms with van der Waals surface area (Å²) in [6.45, 7) is 11.2. The monoisotopic (exact) mass is 240 g/mol. The number of nitrogens with one attached hydrogen (secondary N) is 1. The van der Waals surface area contributed by atoms with Crippen molar-refractivity contribution in [1.29, 1.82) is 0 Å². The molecule has 17 heavy (non-hydrogen) atoms. The van der Waals surface area contributed by atoms with Gasteiger partial charge in [0, 0.05) is 32.3 Å². The molecule has 0 atom stereocenters. The molecule has 2 aliphatic rings. The average molecular weight is 240 g/mol. The first-order valence-electron chi connectivity index (χ1n) is 7.31. The van der Waals surface area contributed by atoms with Gasteiger partial charge < -0.3 is 15.0 Å². The molecule has 0 unspecified atom stereocenters. The van der Waals surface area contributed by atoms with Crippen LogP contribution < -0.4 is 5.32 Å². The van der Waals surface area contributed by atoms with Crippen molar-refractivity contribution in [3.05, 3.63) is 0 Å². The summed E-state index contributed by atoms with van der Waals surface area (Å²) in [7, 11) is 0. The van der Waals surface area contributed by atoms with Crippen LogP contribution in [0.25, 0.3) is 0 Å². The van der Waals surface area contributed by atoms with E-state index in [-0.39, 0.29) is 0 Å². The first-order valence-corrected chi connectivity index (χ1v) is 7.31. The highest BCUT2D eigenvalue weighted by Gasteiger charge is 2.35. The summed E-state index contributed by atoms with van der Waals surface area (Å²) in [5.74, 6) is 0. The van der Waals surface area contributed by atoms with E-state index >= 15 is 0 Å². The summed E-state index contributed by atoms with van der Waals surface area (Å²) in [6.07, 6.45) is 5.22. The van der Waals surface area contributed by atoms with Crippen molar-refractivity contribution in [2.45, 2.75) is 45.6 Å².